The highest BCUT2D eigenvalue weighted by Gasteiger charge is 2.43. The Hall–Kier alpha value is -1.10. The van der Waals surface area contributed by atoms with E-state index in [1.165, 1.54) is 6.42 Å². The van der Waals surface area contributed by atoms with Crippen molar-refractivity contribution in [1.29, 1.82) is 0 Å². The van der Waals surface area contributed by atoms with Gasteiger partial charge in [-0.1, -0.05) is 5.16 Å². The Balaban J connectivity index is 1.83. The van der Waals surface area contributed by atoms with Crippen LogP contribution in [-0.2, 0) is 0 Å². The number of aryl methyl sites for hydroxylation is 1. The third-order valence-corrected chi connectivity index (χ3v) is 3.28. The molecule has 14 heavy (non-hydrogen) atoms. The van der Waals surface area contributed by atoms with E-state index in [0.29, 0.717) is 18.1 Å². The lowest BCUT2D eigenvalue weighted by Crippen LogP contribution is -2.44. The van der Waals surface area contributed by atoms with Gasteiger partial charge in [-0.05, 0) is 20.4 Å². The van der Waals surface area contributed by atoms with Crippen LogP contribution >= 0.6 is 0 Å². The van der Waals surface area contributed by atoms with Gasteiger partial charge in [-0.25, -0.2) is 0 Å². The van der Waals surface area contributed by atoms with Crippen molar-refractivity contribution in [2.45, 2.75) is 25.4 Å². The molecule has 2 fully saturated rings. The second kappa shape index (κ2) is 2.70. The molecule has 2 bridgehead atoms. The van der Waals surface area contributed by atoms with E-state index in [-0.39, 0.29) is 0 Å². The summed E-state index contributed by atoms with van der Waals surface area (Å²) in [6, 6.07) is 1.94. The predicted molar refractivity (Wildman–Crippen MR) is 51.2 cm³/mol. The fraction of sp³-hybridized carbons (Fsp3) is 0.778. The molecule has 0 saturated carbocycles. The number of rotatable bonds is 1. The lowest BCUT2D eigenvalue weighted by atomic mass is 10.2. The lowest BCUT2D eigenvalue weighted by Gasteiger charge is -2.30. The number of nitrogens with zero attached hydrogens (tertiary/aromatic N) is 4. The van der Waals surface area contributed by atoms with Crippen LogP contribution in [-0.4, -0.2) is 47.3 Å². The third-order valence-electron chi connectivity index (χ3n) is 3.28. The quantitative estimate of drug-likeness (QED) is 0.642. The summed E-state index contributed by atoms with van der Waals surface area (Å²) >= 11 is 0. The van der Waals surface area contributed by atoms with E-state index >= 15 is 0 Å². The number of likely N-dealkylation sites (N-methyl/N-ethyl adjacent to an activating group) is 1. The van der Waals surface area contributed by atoms with Crippen molar-refractivity contribution in [3.63, 3.8) is 0 Å². The van der Waals surface area contributed by atoms with E-state index in [4.69, 9.17) is 4.52 Å². The molecule has 2 atom stereocenters. The summed E-state index contributed by atoms with van der Waals surface area (Å²) in [5, 5.41) is 3.82. The van der Waals surface area contributed by atoms with Crippen LogP contribution in [0.2, 0.25) is 0 Å². The summed E-state index contributed by atoms with van der Waals surface area (Å²) in [4.78, 5) is 8.91. The first-order valence-electron chi connectivity index (χ1n) is 5.01. The molecule has 76 valence electrons. The van der Waals surface area contributed by atoms with E-state index in [1.54, 1.807) is 0 Å². The molecular weight excluding hydrogens is 180 g/mol. The Bertz CT molecular complexity index is 348. The predicted octanol–water partition coefficient (Wildman–Crippen LogP) is 0.271. The zero-order valence-corrected chi connectivity index (χ0v) is 8.47. The van der Waals surface area contributed by atoms with Gasteiger partial charge in [-0.2, -0.15) is 4.98 Å². The van der Waals surface area contributed by atoms with Crippen LogP contribution in [0.5, 0.6) is 0 Å². The minimum atomic E-state index is 0.574. The third kappa shape index (κ3) is 1.05. The zero-order chi connectivity index (χ0) is 9.71. The maximum absolute atomic E-state index is 5.18. The molecule has 3 heterocycles. The van der Waals surface area contributed by atoms with Crippen molar-refractivity contribution in [2.75, 3.05) is 25.0 Å². The molecule has 2 aliphatic heterocycles. The summed E-state index contributed by atoms with van der Waals surface area (Å²) in [6.45, 7) is 4.00. The molecule has 0 radical (unpaired) electrons. The van der Waals surface area contributed by atoms with Crippen LogP contribution in [0, 0.1) is 6.92 Å². The minimum Gasteiger partial charge on any atom is -0.319 e. The second-order valence-electron chi connectivity index (χ2n) is 4.26. The maximum Gasteiger partial charge on any atom is 0.324 e. The Morgan fingerprint density at radius 1 is 1.36 bits per heavy atom. The first-order chi connectivity index (χ1) is 6.74. The molecule has 0 aliphatic carbocycles. The van der Waals surface area contributed by atoms with Crippen molar-refractivity contribution >= 4 is 6.01 Å². The maximum atomic E-state index is 5.18. The van der Waals surface area contributed by atoms with E-state index in [9.17, 15) is 0 Å². The van der Waals surface area contributed by atoms with Crippen LogP contribution in [0.15, 0.2) is 4.52 Å². The smallest absolute Gasteiger partial charge is 0.319 e. The Kier molecular flexibility index (Phi) is 1.58. The number of aromatic nitrogens is 2. The molecule has 0 aromatic carbocycles. The van der Waals surface area contributed by atoms with Gasteiger partial charge < -0.3 is 9.42 Å². The normalized spacial score (nSPS) is 31.7. The highest BCUT2D eigenvalue weighted by atomic mass is 16.5. The number of likely N-dealkylation sites (tertiary alicyclic amines) is 1. The molecule has 2 saturated heterocycles. The van der Waals surface area contributed by atoms with E-state index in [0.717, 1.165) is 18.9 Å². The van der Waals surface area contributed by atoms with Gasteiger partial charge in [0.1, 0.15) is 0 Å². The Morgan fingerprint density at radius 2 is 2.21 bits per heavy atom. The van der Waals surface area contributed by atoms with Crippen molar-refractivity contribution in [2.24, 2.45) is 0 Å². The second-order valence-corrected chi connectivity index (χ2v) is 4.26. The highest BCUT2D eigenvalue weighted by molar-refractivity contribution is 5.33. The molecule has 2 unspecified atom stereocenters. The molecule has 3 rings (SSSR count). The van der Waals surface area contributed by atoms with E-state index in [1.807, 2.05) is 6.92 Å². The van der Waals surface area contributed by atoms with Crippen LogP contribution in [0.25, 0.3) is 0 Å². The Labute approximate surface area is 82.7 Å². The number of fused-ring (bicyclic) bond motifs is 2. The number of piperazine rings is 1. The Morgan fingerprint density at radius 3 is 2.71 bits per heavy atom. The monoisotopic (exact) mass is 194 g/mol. The number of hydrogen-bond acceptors (Lipinski definition) is 5. The average molecular weight is 194 g/mol. The molecule has 1 aromatic rings. The summed E-state index contributed by atoms with van der Waals surface area (Å²) < 4.78 is 5.18. The van der Waals surface area contributed by atoms with Gasteiger partial charge in [0.25, 0.3) is 0 Å². The first-order valence-corrected chi connectivity index (χ1v) is 5.01. The number of hydrogen-bond donors (Lipinski definition) is 0. The molecule has 1 aromatic heterocycles. The first kappa shape index (κ1) is 8.23. The van der Waals surface area contributed by atoms with E-state index in [2.05, 4.69) is 27.0 Å². The van der Waals surface area contributed by atoms with Gasteiger partial charge in [-0.3, -0.25) is 4.90 Å². The zero-order valence-electron chi connectivity index (χ0n) is 8.47. The molecule has 5 nitrogen and oxygen atoms in total. The largest absolute Gasteiger partial charge is 0.324 e. The van der Waals surface area contributed by atoms with Crippen molar-refractivity contribution < 1.29 is 4.52 Å². The standard InChI is InChI=1S/C9H14N4O/c1-6-10-9(14-11-6)13-5-7-3-8(13)4-12(7)2/h7-8H,3-5H2,1-2H3. The van der Waals surface area contributed by atoms with Gasteiger partial charge in [0.15, 0.2) is 5.82 Å². The SMILES string of the molecule is Cc1noc(N2CC3CC2CN3C)n1. The van der Waals surface area contributed by atoms with Gasteiger partial charge in [0.05, 0.1) is 0 Å². The molecule has 0 N–H and O–H groups in total. The lowest BCUT2D eigenvalue weighted by molar-refractivity contribution is 0.283. The van der Waals surface area contributed by atoms with Crippen LogP contribution in [0.3, 0.4) is 0 Å². The van der Waals surface area contributed by atoms with Gasteiger partial charge in [0, 0.05) is 25.2 Å². The van der Waals surface area contributed by atoms with Crippen molar-refractivity contribution in [3.05, 3.63) is 5.82 Å². The summed E-state index contributed by atoms with van der Waals surface area (Å²) in [6.07, 6.45) is 1.23. The van der Waals surface area contributed by atoms with Gasteiger partial charge in [0.2, 0.25) is 0 Å². The fourth-order valence-electron chi connectivity index (χ4n) is 2.50. The van der Waals surface area contributed by atoms with E-state index < -0.39 is 0 Å². The highest BCUT2D eigenvalue weighted by Crippen LogP contribution is 2.32. The summed E-state index contributed by atoms with van der Waals surface area (Å²) in [5.41, 5.74) is 0. The van der Waals surface area contributed by atoms with Crippen molar-refractivity contribution in [3.8, 4) is 0 Å². The molecular formula is C9H14N4O. The minimum absolute atomic E-state index is 0.574. The fourth-order valence-corrected chi connectivity index (χ4v) is 2.50. The molecule has 2 aliphatic rings. The van der Waals surface area contributed by atoms with Crippen LogP contribution in [0.4, 0.5) is 6.01 Å². The van der Waals surface area contributed by atoms with Gasteiger partial charge >= 0.3 is 6.01 Å². The molecule has 0 spiro atoms. The summed E-state index contributed by atoms with van der Waals surface area (Å²) in [5.74, 6) is 0.719. The number of anilines is 1. The average Bonchev–Trinajstić information content (AvgIpc) is 2.77. The summed E-state index contributed by atoms with van der Waals surface area (Å²) in [7, 11) is 2.18. The topological polar surface area (TPSA) is 45.4 Å². The molecule has 5 heteroatoms. The van der Waals surface area contributed by atoms with Crippen LogP contribution < -0.4 is 4.90 Å². The van der Waals surface area contributed by atoms with Crippen molar-refractivity contribution in [1.82, 2.24) is 15.0 Å². The van der Waals surface area contributed by atoms with Crippen LogP contribution in [0.1, 0.15) is 12.2 Å². The molecule has 0 amide bonds. The van der Waals surface area contributed by atoms with Gasteiger partial charge in [-0.15, -0.1) is 0 Å².